The van der Waals surface area contributed by atoms with Gasteiger partial charge in [-0.25, -0.2) is 4.98 Å². The SMILES string of the molecule is CC(=O)c1ccc(N2CCC(N3CCC[C@@H](C(=O)NC4CC4)C3)CC2)nc1. The highest BCUT2D eigenvalue weighted by Gasteiger charge is 2.33. The number of amides is 1. The summed E-state index contributed by atoms with van der Waals surface area (Å²) in [5.41, 5.74) is 0.664. The Balaban J connectivity index is 1.29. The van der Waals surface area contributed by atoms with Gasteiger partial charge in [0.05, 0.1) is 5.92 Å². The lowest BCUT2D eigenvalue weighted by atomic mass is 9.93. The second-order valence-electron chi connectivity index (χ2n) is 8.30. The molecule has 1 amide bonds. The molecule has 6 heteroatoms. The van der Waals surface area contributed by atoms with Crippen molar-refractivity contribution in [1.82, 2.24) is 15.2 Å². The molecule has 27 heavy (non-hydrogen) atoms. The molecule has 3 fully saturated rings. The number of likely N-dealkylation sites (tertiary alicyclic amines) is 1. The van der Waals surface area contributed by atoms with Crippen LogP contribution in [0.2, 0.25) is 0 Å². The van der Waals surface area contributed by atoms with Gasteiger partial charge in [0.15, 0.2) is 5.78 Å². The van der Waals surface area contributed by atoms with Gasteiger partial charge in [-0.05, 0) is 64.1 Å². The Hall–Kier alpha value is -1.95. The number of anilines is 1. The number of nitrogens with zero attached hydrogens (tertiary/aromatic N) is 3. The molecule has 2 aliphatic heterocycles. The molecule has 1 N–H and O–H groups in total. The van der Waals surface area contributed by atoms with Crippen molar-refractivity contribution >= 4 is 17.5 Å². The molecule has 1 aromatic rings. The predicted octanol–water partition coefficient (Wildman–Crippen LogP) is 2.24. The lowest BCUT2D eigenvalue weighted by Crippen LogP contribution is -2.51. The van der Waals surface area contributed by atoms with E-state index in [1.54, 1.807) is 13.1 Å². The van der Waals surface area contributed by atoms with Gasteiger partial charge in [0.1, 0.15) is 5.82 Å². The van der Waals surface area contributed by atoms with Crippen LogP contribution in [0.5, 0.6) is 0 Å². The molecule has 3 heterocycles. The van der Waals surface area contributed by atoms with Crippen molar-refractivity contribution in [3.63, 3.8) is 0 Å². The van der Waals surface area contributed by atoms with Crippen LogP contribution in [0.15, 0.2) is 18.3 Å². The van der Waals surface area contributed by atoms with E-state index in [1.807, 2.05) is 12.1 Å². The number of piperidine rings is 2. The van der Waals surface area contributed by atoms with Gasteiger partial charge in [-0.3, -0.25) is 14.5 Å². The minimum atomic E-state index is 0.0538. The molecule has 0 unspecified atom stereocenters. The molecule has 1 atom stereocenters. The van der Waals surface area contributed by atoms with E-state index in [4.69, 9.17) is 0 Å². The number of pyridine rings is 1. The Morgan fingerprint density at radius 2 is 1.85 bits per heavy atom. The molecule has 0 spiro atoms. The fraction of sp³-hybridized carbons (Fsp3) is 0.667. The summed E-state index contributed by atoms with van der Waals surface area (Å²) in [7, 11) is 0. The molecule has 0 radical (unpaired) electrons. The standard InChI is InChI=1S/C21H30N4O2/c1-15(26)16-4-7-20(22-13-16)24-11-8-19(9-12-24)25-10-2-3-17(14-25)21(27)23-18-5-6-18/h4,7,13,17-19H,2-3,5-6,8-12,14H2,1H3,(H,23,27)/t17-/m1/s1. The van der Waals surface area contributed by atoms with Gasteiger partial charge in [0.2, 0.25) is 5.91 Å². The molecule has 1 aliphatic carbocycles. The van der Waals surface area contributed by atoms with E-state index in [0.717, 1.165) is 70.5 Å². The molecule has 3 aliphatic rings. The van der Waals surface area contributed by atoms with Crippen LogP contribution in [0.4, 0.5) is 5.82 Å². The van der Waals surface area contributed by atoms with Crippen LogP contribution in [0.3, 0.4) is 0 Å². The van der Waals surface area contributed by atoms with Crippen molar-refractivity contribution in [2.75, 3.05) is 31.1 Å². The molecular weight excluding hydrogens is 340 g/mol. The third kappa shape index (κ3) is 4.49. The number of nitrogens with one attached hydrogen (secondary N) is 1. The number of ketones is 1. The summed E-state index contributed by atoms with van der Waals surface area (Å²) in [4.78, 5) is 33.1. The summed E-state index contributed by atoms with van der Waals surface area (Å²) in [6.45, 7) is 5.55. The van der Waals surface area contributed by atoms with Crippen LogP contribution in [0, 0.1) is 5.92 Å². The number of carbonyl (C=O) groups is 2. The first kappa shape index (κ1) is 18.4. The van der Waals surface area contributed by atoms with Crippen LogP contribution in [0.25, 0.3) is 0 Å². The van der Waals surface area contributed by atoms with Crippen molar-refractivity contribution in [1.29, 1.82) is 0 Å². The summed E-state index contributed by atoms with van der Waals surface area (Å²) < 4.78 is 0. The lowest BCUT2D eigenvalue weighted by Gasteiger charge is -2.42. The molecule has 2 saturated heterocycles. The number of carbonyl (C=O) groups excluding carboxylic acids is 2. The van der Waals surface area contributed by atoms with E-state index in [0.29, 0.717) is 17.6 Å². The van der Waals surface area contributed by atoms with Crippen molar-refractivity contribution < 1.29 is 9.59 Å². The van der Waals surface area contributed by atoms with Crippen LogP contribution in [0.1, 0.15) is 55.8 Å². The molecule has 1 saturated carbocycles. The number of hydrogen-bond acceptors (Lipinski definition) is 5. The maximum atomic E-state index is 12.4. The van der Waals surface area contributed by atoms with E-state index in [2.05, 4.69) is 20.1 Å². The van der Waals surface area contributed by atoms with Crippen molar-refractivity contribution in [2.45, 2.75) is 57.5 Å². The first-order valence-electron chi connectivity index (χ1n) is 10.4. The zero-order valence-electron chi connectivity index (χ0n) is 16.2. The topological polar surface area (TPSA) is 65.5 Å². The summed E-state index contributed by atoms with van der Waals surface area (Å²) in [5.74, 6) is 1.45. The van der Waals surface area contributed by atoms with Gasteiger partial charge in [0, 0.05) is 43.5 Å². The normalized spacial score (nSPS) is 24.6. The highest BCUT2D eigenvalue weighted by Crippen LogP contribution is 2.27. The number of Topliss-reactive ketones (excluding diaryl/α,β-unsaturated/α-hetero) is 1. The maximum absolute atomic E-state index is 12.4. The summed E-state index contributed by atoms with van der Waals surface area (Å²) in [5, 5.41) is 3.18. The van der Waals surface area contributed by atoms with Crippen LogP contribution in [-0.2, 0) is 4.79 Å². The molecule has 0 aromatic carbocycles. The Morgan fingerprint density at radius 1 is 1.07 bits per heavy atom. The minimum Gasteiger partial charge on any atom is -0.357 e. The lowest BCUT2D eigenvalue weighted by molar-refractivity contribution is -0.127. The van der Waals surface area contributed by atoms with E-state index in [-0.39, 0.29) is 17.6 Å². The summed E-state index contributed by atoms with van der Waals surface area (Å²) >= 11 is 0. The third-order valence-electron chi connectivity index (χ3n) is 6.21. The fourth-order valence-electron chi connectivity index (χ4n) is 4.34. The zero-order valence-corrected chi connectivity index (χ0v) is 16.2. The smallest absolute Gasteiger partial charge is 0.224 e. The van der Waals surface area contributed by atoms with Gasteiger partial charge in [-0.15, -0.1) is 0 Å². The van der Waals surface area contributed by atoms with E-state index in [1.165, 1.54) is 0 Å². The highest BCUT2D eigenvalue weighted by atomic mass is 16.2. The number of aromatic nitrogens is 1. The molecular formula is C21H30N4O2. The van der Waals surface area contributed by atoms with Crippen molar-refractivity contribution in [3.05, 3.63) is 23.9 Å². The van der Waals surface area contributed by atoms with Crippen LogP contribution in [-0.4, -0.2) is 59.8 Å². The average Bonchev–Trinajstić information content (AvgIpc) is 3.52. The monoisotopic (exact) mass is 370 g/mol. The Kier molecular flexibility index (Phi) is 5.43. The van der Waals surface area contributed by atoms with Gasteiger partial charge in [-0.2, -0.15) is 0 Å². The second kappa shape index (κ2) is 7.97. The maximum Gasteiger partial charge on any atom is 0.224 e. The van der Waals surface area contributed by atoms with Gasteiger partial charge >= 0.3 is 0 Å². The second-order valence-corrected chi connectivity index (χ2v) is 8.30. The van der Waals surface area contributed by atoms with Crippen LogP contribution < -0.4 is 10.2 Å². The molecule has 6 nitrogen and oxygen atoms in total. The molecule has 4 rings (SSSR count). The summed E-state index contributed by atoms with van der Waals surface area (Å²) in [6.07, 6.45) is 8.35. The highest BCUT2D eigenvalue weighted by molar-refractivity contribution is 5.93. The average molecular weight is 370 g/mol. The largest absolute Gasteiger partial charge is 0.357 e. The third-order valence-corrected chi connectivity index (χ3v) is 6.21. The first-order chi connectivity index (χ1) is 13.1. The van der Waals surface area contributed by atoms with Crippen molar-refractivity contribution in [2.24, 2.45) is 5.92 Å². The number of rotatable bonds is 5. The predicted molar refractivity (Wildman–Crippen MR) is 105 cm³/mol. The van der Waals surface area contributed by atoms with E-state index < -0.39 is 0 Å². The van der Waals surface area contributed by atoms with Gasteiger partial charge < -0.3 is 10.2 Å². The van der Waals surface area contributed by atoms with E-state index in [9.17, 15) is 9.59 Å². The Bertz CT molecular complexity index is 678. The Labute approximate surface area is 161 Å². The minimum absolute atomic E-state index is 0.0538. The first-order valence-corrected chi connectivity index (χ1v) is 10.4. The molecule has 1 aromatic heterocycles. The van der Waals surface area contributed by atoms with Gasteiger partial charge in [0.25, 0.3) is 0 Å². The number of hydrogen-bond donors (Lipinski definition) is 1. The summed E-state index contributed by atoms with van der Waals surface area (Å²) in [6, 6.07) is 4.84. The zero-order chi connectivity index (χ0) is 18.8. The molecule has 146 valence electrons. The van der Waals surface area contributed by atoms with Crippen molar-refractivity contribution in [3.8, 4) is 0 Å². The Morgan fingerprint density at radius 3 is 2.48 bits per heavy atom. The molecule has 0 bridgehead atoms. The fourth-order valence-corrected chi connectivity index (χ4v) is 4.34. The van der Waals surface area contributed by atoms with Crippen LogP contribution >= 0.6 is 0 Å². The quantitative estimate of drug-likeness (QED) is 0.806. The van der Waals surface area contributed by atoms with Gasteiger partial charge in [-0.1, -0.05) is 0 Å². The van der Waals surface area contributed by atoms with E-state index >= 15 is 0 Å².